The van der Waals surface area contributed by atoms with Crippen molar-refractivity contribution in [2.45, 2.75) is 12.5 Å². The number of carbonyl (C=O) groups is 1. The highest BCUT2D eigenvalue weighted by atomic mass is 32.1. The molecule has 0 saturated heterocycles. The van der Waals surface area contributed by atoms with Crippen LogP contribution in [0, 0.1) is 0 Å². The number of tetrazole rings is 1. The normalized spacial score (nSPS) is 12.0. The van der Waals surface area contributed by atoms with E-state index in [1.165, 1.54) is 6.33 Å². The zero-order valence-corrected chi connectivity index (χ0v) is 11.8. The zero-order chi connectivity index (χ0) is 14.5. The highest BCUT2D eigenvalue weighted by Gasteiger charge is 2.19. The number of hydrogen-bond donors (Lipinski definition) is 1. The van der Waals surface area contributed by atoms with Gasteiger partial charge in [0.05, 0.1) is 12.5 Å². The number of thiophene rings is 1. The van der Waals surface area contributed by atoms with Gasteiger partial charge in [0, 0.05) is 6.20 Å². The number of rotatable bonds is 5. The highest BCUT2D eigenvalue weighted by molar-refractivity contribution is 7.07. The standard InChI is InChI=1S/C13H12N6OS/c20-13(16-12-3-1-2-5-14-12)7-11(10-4-6-21-8-10)19-9-15-17-18-19/h1-6,8-9,11H,7H2,(H,14,16,20)/t11-/m1/s1. The molecule has 8 heteroatoms. The molecule has 1 N–H and O–H groups in total. The molecule has 21 heavy (non-hydrogen) atoms. The Kier molecular flexibility index (Phi) is 3.97. The molecule has 0 radical (unpaired) electrons. The zero-order valence-electron chi connectivity index (χ0n) is 11.0. The third-order valence-electron chi connectivity index (χ3n) is 2.92. The second-order valence-electron chi connectivity index (χ2n) is 4.33. The summed E-state index contributed by atoms with van der Waals surface area (Å²) in [5, 5.41) is 17.9. The molecule has 3 heterocycles. The van der Waals surface area contributed by atoms with Crippen molar-refractivity contribution in [1.82, 2.24) is 25.2 Å². The van der Waals surface area contributed by atoms with Crippen molar-refractivity contribution >= 4 is 23.1 Å². The fraction of sp³-hybridized carbons (Fsp3) is 0.154. The molecule has 0 aliphatic rings. The van der Waals surface area contributed by atoms with Crippen LogP contribution in [0.4, 0.5) is 5.82 Å². The van der Waals surface area contributed by atoms with E-state index >= 15 is 0 Å². The molecule has 3 aromatic heterocycles. The van der Waals surface area contributed by atoms with E-state index in [1.807, 2.05) is 22.9 Å². The molecule has 0 aliphatic heterocycles. The van der Waals surface area contributed by atoms with Crippen LogP contribution in [0.1, 0.15) is 18.0 Å². The lowest BCUT2D eigenvalue weighted by molar-refractivity contribution is -0.116. The van der Waals surface area contributed by atoms with Crippen molar-refractivity contribution in [3.63, 3.8) is 0 Å². The lowest BCUT2D eigenvalue weighted by Crippen LogP contribution is -2.21. The molecule has 0 saturated carbocycles. The van der Waals surface area contributed by atoms with E-state index < -0.39 is 0 Å². The van der Waals surface area contributed by atoms with Crippen LogP contribution >= 0.6 is 11.3 Å². The minimum atomic E-state index is -0.227. The van der Waals surface area contributed by atoms with E-state index in [2.05, 4.69) is 25.8 Å². The molecule has 1 amide bonds. The Balaban J connectivity index is 1.75. The Morgan fingerprint density at radius 3 is 3.00 bits per heavy atom. The molecule has 0 aliphatic carbocycles. The Labute approximate surface area is 124 Å². The van der Waals surface area contributed by atoms with E-state index in [0.29, 0.717) is 5.82 Å². The van der Waals surface area contributed by atoms with Gasteiger partial charge in [-0.2, -0.15) is 11.3 Å². The van der Waals surface area contributed by atoms with Gasteiger partial charge in [0.15, 0.2) is 0 Å². The van der Waals surface area contributed by atoms with Crippen LogP contribution in [-0.2, 0) is 4.79 Å². The van der Waals surface area contributed by atoms with Crippen LogP contribution < -0.4 is 5.32 Å². The maximum absolute atomic E-state index is 12.2. The quantitative estimate of drug-likeness (QED) is 0.776. The SMILES string of the molecule is O=C(C[C@H](c1ccsc1)n1cnnn1)Nc1ccccn1. The summed E-state index contributed by atoms with van der Waals surface area (Å²) in [5.41, 5.74) is 1.00. The van der Waals surface area contributed by atoms with Gasteiger partial charge >= 0.3 is 0 Å². The van der Waals surface area contributed by atoms with Gasteiger partial charge in [-0.25, -0.2) is 9.67 Å². The molecular weight excluding hydrogens is 288 g/mol. The molecule has 3 rings (SSSR count). The summed E-state index contributed by atoms with van der Waals surface area (Å²) in [6, 6.07) is 7.10. The molecular formula is C13H12N6OS. The van der Waals surface area contributed by atoms with Crippen LogP contribution in [0.3, 0.4) is 0 Å². The van der Waals surface area contributed by atoms with Gasteiger partial charge in [-0.05, 0) is 44.9 Å². The van der Waals surface area contributed by atoms with Crippen LogP contribution in [-0.4, -0.2) is 31.1 Å². The van der Waals surface area contributed by atoms with Crippen LogP contribution in [0.5, 0.6) is 0 Å². The van der Waals surface area contributed by atoms with Crippen molar-refractivity contribution in [3.05, 3.63) is 53.1 Å². The van der Waals surface area contributed by atoms with E-state index in [-0.39, 0.29) is 18.4 Å². The summed E-state index contributed by atoms with van der Waals surface area (Å²) in [7, 11) is 0. The van der Waals surface area contributed by atoms with Crippen molar-refractivity contribution in [2.75, 3.05) is 5.32 Å². The van der Waals surface area contributed by atoms with E-state index in [0.717, 1.165) is 5.56 Å². The number of amides is 1. The summed E-state index contributed by atoms with van der Waals surface area (Å²) in [4.78, 5) is 16.3. The predicted molar refractivity (Wildman–Crippen MR) is 77.8 cm³/mol. The van der Waals surface area contributed by atoms with Gasteiger partial charge in [0.25, 0.3) is 0 Å². The van der Waals surface area contributed by atoms with Crippen LogP contribution in [0.2, 0.25) is 0 Å². The molecule has 7 nitrogen and oxygen atoms in total. The minimum absolute atomic E-state index is 0.139. The smallest absolute Gasteiger partial charge is 0.228 e. The number of nitrogens with one attached hydrogen (secondary N) is 1. The van der Waals surface area contributed by atoms with Crippen molar-refractivity contribution in [2.24, 2.45) is 0 Å². The Morgan fingerprint density at radius 2 is 2.33 bits per heavy atom. The molecule has 106 valence electrons. The van der Waals surface area contributed by atoms with Gasteiger partial charge in [-0.1, -0.05) is 6.07 Å². The average Bonchev–Trinajstić information content (AvgIpc) is 3.19. The average molecular weight is 300 g/mol. The molecule has 0 fully saturated rings. The molecule has 0 bridgehead atoms. The van der Waals surface area contributed by atoms with Gasteiger partial charge in [0.1, 0.15) is 12.1 Å². The maximum atomic E-state index is 12.2. The summed E-state index contributed by atoms with van der Waals surface area (Å²) >= 11 is 1.57. The molecule has 0 aromatic carbocycles. The first-order valence-electron chi connectivity index (χ1n) is 6.28. The topological polar surface area (TPSA) is 85.6 Å². The number of carbonyl (C=O) groups excluding carboxylic acids is 1. The third-order valence-corrected chi connectivity index (χ3v) is 3.62. The first-order valence-corrected chi connectivity index (χ1v) is 7.22. The van der Waals surface area contributed by atoms with E-state index in [1.54, 1.807) is 34.3 Å². The Morgan fingerprint density at radius 1 is 1.38 bits per heavy atom. The van der Waals surface area contributed by atoms with Gasteiger partial charge in [-0.3, -0.25) is 4.79 Å². The van der Waals surface area contributed by atoms with Gasteiger partial charge in [-0.15, -0.1) is 5.10 Å². The Hall–Kier alpha value is -2.61. The maximum Gasteiger partial charge on any atom is 0.228 e. The summed E-state index contributed by atoms with van der Waals surface area (Å²) in [6.07, 6.45) is 3.38. The Bertz CT molecular complexity index is 649. The molecule has 0 unspecified atom stereocenters. The second kappa shape index (κ2) is 6.23. The lowest BCUT2D eigenvalue weighted by atomic mass is 10.1. The molecule has 1 atom stereocenters. The van der Waals surface area contributed by atoms with Crippen molar-refractivity contribution in [1.29, 1.82) is 0 Å². The first kappa shape index (κ1) is 13.4. The third kappa shape index (κ3) is 3.29. The van der Waals surface area contributed by atoms with Crippen molar-refractivity contribution in [3.8, 4) is 0 Å². The first-order chi connectivity index (χ1) is 10.3. The molecule has 3 aromatic rings. The second-order valence-corrected chi connectivity index (χ2v) is 5.11. The van der Waals surface area contributed by atoms with Gasteiger partial charge < -0.3 is 5.32 Å². The fourth-order valence-electron chi connectivity index (χ4n) is 1.95. The lowest BCUT2D eigenvalue weighted by Gasteiger charge is -2.14. The number of anilines is 1. The number of aromatic nitrogens is 5. The summed E-state index contributed by atoms with van der Waals surface area (Å²) in [5.74, 6) is 0.392. The van der Waals surface area contributed by atoms with Gasteiger partial charge in [0.2, 0.25) is 5.91 Å². The largest absolute Gasteiger partial charge is 0.311 e. The predicted octanol–water partition coefficient (Wildman–Crippen LogP) is 1.75. The highest BCUT2D eigenvalue weighted by Crippen LogP contribution is 2.23. The molecule has 0 spiro atoms. The van der Waals surface area contributed by atoms with Crippen molar-refractivity contribution < 1.29 is 4.79 Å². The summed E-state index contributed by atoms with van der Waals surface area (Å²) in [6.45, 7) is 0. The fourth-order valence-corrected chi connectivity index (χ4v) is 2.65. The monoisotopic (exact) mass is 300 g/mol. The van der Waals surface area contributed by atoms with E-state index in [9.17, 15) is 4.79 Å². The van der Waals surface area contributed by atoms with Crippen LogP contribution in [0.15, 0.2) is 47.5 Å². The number of nitrogens with zero attached hydrogens (tertiary/aromatic N) is 5. The van der Waals surface area contributed by atoms with Crippen LogP contribution in [0.25, 0.3) is 0 Å². The van der Waals surface area contributed by atoms with E-state index in [4.69, 9.17) is 0 Å². The summed E-state index contributed by atoms with van der Waals surface area (Å²) < 4.78 is 1.58. The number of hydrogen-bond acceptors (Lipinski definition) is 6. The number of pyridine rings is 1. The minimum Gasteiger partial charge on any atom is -0.311 e.